The van der Waals surface area contributed by atoms with Gasteiger partial charge >= 0.3 is 0 Å². The monoisotopic (exact) mass is 321 g/mol. The van der Waals surface area contributed by atoms with Gasteiger partial charge in [0.05, 0.1) is 11.9 Å². The fraction of sp³-hybridized carbons (Fsp3) is 0.316. The van der Waals surface area contributed by atoms with E-state index in [1.807, 2.05) is 12.1 Å². The highest BCUT2D eigenvalue weighted by Crippen LogP contribution is 2.24. The molecule has 0 spiro atoms. The zero-order valence-corrected chi connectivity index (χ0v) is 14.6. The van der Waals surface area contributed by atoms with Crippen LogP contribution in [-0.2, 0) is 12.0 Å². The molecule has 0 fully saturated rings. The van der Waals surface area contributed by atoms with Gasteiger partial charge in [0.2, 0.25) is 0 Å². The van der Waals surface area contributed by atoms with Crippen molar-refractivity contribution in [3.8, 4) is 11.4 Å². The molecule has 0 aliphatic heterocycles. The Labute approximate surface area is 142 Å². The lowest BCUT2D eigenvalue weighted by atomic mass is 9.87. The molecular weight excluding hydrogens is 298 g/mol. The molecule has 0 amide bonds. The van der Waals surface area contributed by atoms with Crippen molar-refractivity contribution in [3.05, 3.63) is 59.4 Å². The van der Waals surface area contributed by atoms with Gasteiger partial charge in [0.1, 0.15) is 11.4 Å². The molecule has 0 saturated carbocycles. The van der Waals surface area contributed by atoms with Crippen LogP contribution in [0.5, 0.6) is 0 Å². The van der Waals surface area contributed by atoms with Gasteiger partial charge in [0.25, 0.3) is 0 Å². The molecule has 0 atom stereocenters. The van der Waals surface area contributed by atoms with Gasteiger partial charge in [-0.1, -0.05) is 45.0 Å². The molecule has 1 aromatic carbocycles. The molecule has 5 heteroatoms. The minimum absolute atomic E-state index is 0.173. The van der Waals surface area contributed by atoms with Crippen molar-refractivity contribution in [1.29, 1.82) is 0 Å². The van der Waals surface area contributed by atoms with E-state index in [4.69, 9.17) is 0 Å². The third-order valence-corrected chi connectivity index (χ3v) is 4.07. The molecule has 124 valence electrons. The van der Waals surface area contributed by atoms with Gasteiger partial charge < -0.3 is 4.57 Å². The molecule has 2 heterocycles. The summed E-state index contributed by atoms with van der Waals surface area (Å²) < 4.78 is 2.18. The van der Waals surface area contributed by atoms with Crippen LogP contribution in [0.2, 0.25) is 0 Å². The molecule has 0 radical (unpaired) electrons. The smallest absolute Gasteiger partial charge is 0.138 e. The summed E-state index contributed by atoms with van der Waals surface area (Å²) in [6.45, 7) is 7.48. The number of nitrogens with zero attached hydrogens (tertiary/aromatic N) is 4. The van der Waals surface area contributed by atoms with Crippen molar-refractivity contribution in [1.82, 2.24) is 20.0 Å². The maximum absolute atomic E-state index is 4.28. The van der Waals surface area contributed by atoms with Gasteiger partial charge in [-0.2, -0.15) is 15.4 Å². The van der Waals surface area contributed by atoms with E-state index < -0.39 is 0 Å². The average Bonchev–Trinajstić information content (AvgIpc) is 3.16. The zero-order chi connectivity index (χ0) is 17.2. The Morgan fingerprint density at radius 3 is 2.54 bits per heavy atom. The number of aliphatic imine (C=N–C) groups is 1. The van der Waals surface area contributed by atoms with E-state index in [-0.39, 0.29) is 5.41 Å². The van der Waals surface area contributed by atoms with Crippen LogP contribution < -0.4 is 0 Å². The zero-order valence-electron chi connectivity index (χ0n) is 14.6. The van der Waals surface area contributed by atoms with Crippen molar-refractivity contribution in [2.45, 2.75) is 32.7 Å². The van der Waals surface area contributed by atoms with E-state index in [0.717, 1.165) is 23.6 Å². The molecule has 0 aliphatic rings. The second-order valence-corrected chi connectivity index (χ2v) is 6.91. The molecule has 2 aromatic heterocycles. The lowest BCUT2D eigenvalue weighted by Gasteiger charge is -2.19. The Morgan fingerprint density at radius 2 is 1.88 bits per heavy atom. The lowest BCUT2D eigenvalue weighted by molar-refractivity contribution is 0.590. The summed E-state index contributed by atoms with van der Waals surface area (Å²) in [5.74, 6) is 0. The summed E-state index contributed by atoms with van der Waals surface area (Å²) in [6, 6.07) is 12.9. The van der Waals surface area contributed by atoms with E-state index in [0.29, 0.717) is 0 Å². The fourth-order valence-corrected chi connectivity index (χ4v) is 2.71. The van der Waals surface area contributed by atoms with Crippen molar-refractivity contribution in [2.75, 3.05) is 7.05 Å². The Kier molecular flexibility index (Phi) is 4.34. The van der Waals surface area contributed by atoms with Crippen LogP contribution in [-0.4, -0.2) is 33.2 Å². The molecule has 0 saturated heterocycles. The van der Waals surface area contributed by atoms with Gasteiger partial charge in [-0.3, -0.25) is 4.99 Å². The summed E-state index contributed by atoms with van der Waals surface area (Å²) in [6.07, 6.45) is 3.78. The van der Waals surface area contributed by atoms with Crippen LogP contribution >= 0.6 is 0 Å². The first kappa shape index (κ1) is 16.2. The number of aromatic nitrogens is 4. The summed E-state index contributed by atoms with van der Waals surface area (Å²) in [7, 11) is 1.73. The fourth-order valence-electron chi connectivity index (χ4n) is 2.71. The Bertz CT molecular complexity index is 831. The Hall–Kier alpha value is -2.69. The van der Waals surface area contributed by atoms with Crippen molar-refractivity contribution in [2.24, 2.45) is 4.99 Å². The molecule has 0 aliphatic carbocycles. The molecule has 0 unspecified atom stereocenters. The normalized spacial score (nSPS) is 12.2. The average molecular weight is 321 g/mol. The first-order valence-electron chi connectivity index (χ1n) is 8.07. The SMILES string of the molecule is CN=Cc1n[nH]nc1-c1cccn1Cc1ccc(C(C)(C)C)cc1. The van der Waals surface area contributed by atoms with Crippen molar-refractivity contribution >= 4 is 6.21 Å². The van der Waals surface area contributed by atoms with E-state index in [1.165, 1.54) is 11.1 Å². The summed E-state index contributed by atoms with van der Waals surface area (Å²) >= 11 is 0. The van der Waals surface area contributed by atoms with E-state index in [2.05, 4.69) is 76.2 Å². The standard InChI is InChI=1S/C19H23N5/c1-19(2,3)15-9-7-14(8-10-15)13-24-11-5-6-17(24)18-16(12-20-4)21-23-22-18/h5-12H,13H2,1-4H3,(H,21,22,23). The van der Waals surface area contributed by atoms with Crippen LogP contribution in [0.15, 0.2) is 47.6 Å². The van der Waals surface area contributed by atoms with Crippen LogP contribution in [0.1, 0.15) is 37.6 Å². The molecule has 3 aromatic rings. The quantitative estimate of drug-likeness (QED) is 0.745. The Morgan fingerprint density at radius 1 is 1.12 bits per heavy atom. The van der Waals surface area contributed by atoms with Crippen LogP contribution in [0.4, 0.5) is 0 Å². The summed E-state index contributed by atoms with van der Waals surface area (Å²) in [4.78, 5) is 4.04. The minimum atomic E-state index is 0.173. The number of aromatic amines is 1. The molecule has 1 N–H and O–H groups in total. The van der Waals surface area contributed by atoms with Crippen LogP contribution in [0, 0.1) is 0 Å². The molecular formula is C19H23N5. The van der Waals surface area contributed by atoms with Crippen molar-refractivity contribution in [3.63, 3.8) is 0 Å². The molecule has 5 nitrogen and oxygen atoms in total. The number of H-pyrrole nitrogens is 1. The van der Waals surface area contributed by atoms with E-state index in [9.17, 15) is 0 Å². The predicted octanol–water partition coefficient (Wildman–Crippen LogP) is 3.67. The number of rotatable bonds is 4. The number of hydrogen-bond donors (Lipinski definition) is 1. The van der Waals surface area contributed by atoms with Crippen LogP contribution in [0.25, 0.3) is 11.4 Å². The first-order chi connectivity index (χ1) is 11.5. The number of benzene rings is 1. The second kappa shape index (κ2) is 6.43. The predicted molar refractivity (Wildman–Crippen MR) is 97.6 cm³/mol. The highest BCUT2D eigenvalue weighted by molar-refractivity contribution is 5.85. The van der Waals surface area contributed by atoms with Gasteiger partial charge in [-0.05, 0) is 28.7 Å². The number of hydrogen-bond acceptors (Lipinski definition) is 3. The maximum Gasteiger partial charge on any atom is 0.138 e. The minimum Gasteiger partial charge on any atom is -0.342 e. The summed E-state index contributed by atoms with van der Waals surface area (Å²) in [5, 5.41) is 11.1. The maximum atomic E-state index is 4.28. The molecule has 3 rings (SSSR count). The third kappa shape index (κ3) is 3.30. The van der Waals surface area contributed by atoms with E-state index in [1.54, 1.807) is 13.3 Å². The molecule has 24 heavy (non-hydrogen) atoms. The van der Waals surface area contributed by atoms with Gasteiger partial charge in [0, 0.05) is 19.8 Å². The highest BCUT2D eigenvalue weighted by Gasteiger charge is 2.14. The largest absolute Gasteiger partial charge is 0.342 e. The van der Waals surface area contributed by atoms with Crippen molar-refractivity contribution < 1.29 is 0 Å². The highest BCUT2D eigenvalue weighted by atomic mass is 15.3. The van der Waals surface area contributed by atoms with Gasteiger partial charge in [0.15, 0.2) is 0 Å². The second-order valence-electron chi connectivity index (χ2n) is 6.91. The Balaban J connectivity index is 1.87. The van der Waals surface area contributed by atoms with Gasteiger partial charge in [-0.25, -0.2) is 0 Å². The van der Waals surface area contributed by atoms with E-state index >= 15 is 0 Å². The lowest BCUT2D eigenvalue weighted by Crippen LogP contribution is -2.11. The summed E-state index contributed by atoms with van der Waals surface area (Å²) in [5.41, 5.74) is 5.37. The molecule has 0 bridgehead atoms. The topological polar surface area (TPSA) is 58.9 Å². The first-order valence-corrected chi connectivity index (χ1v) is 8.07. The number of nitrogens with one attached hydrogen (secondary N) is 1. The van der Waals surface area contributed by atoms with Gasteiger partial charge in [-0.15, -0.1) is 0 Å². The third-order valence-electron chi connectivity index (χ3n) is 4.07. The van der Waals surface area contributed by atoms with Crippen LogP contribution in [0.3, 0.4) is 0 Å².